The smallest absolute Gasteiger partial charge is 0.142 e. The molecule has 20 heavy (non-hydrogen) atoms. The van der Waals surface area contributed by atoms with E-state index in [1.165, 1.54) is 31.7 Å². The van der Waals surface area contributed by atoms with Crippen molar-refractivity contribution in [2.24, 2.45) is 5.41 Å². The van der Waals surface area contributed by atoms with E-state index < -0.39 is 11.4 Å². The van der Waals surface area contributed by atoms with Crippen LogP contribution in [-0.4, -0.2) is 10.7 Å². The van der Waals surface area contributed by atoms with E-state index in [1.54, 1.807) is 6.07 Å². The first-order valence-corrected chi connectivity index (χ1v) is 8.05. The van der Waals surface area contributed by atoms with E-state index in [0.717, 1.165) is 31.2 Å². The van der Waals surface area contributed by atoms with Crippen LogP contribution in [0, 0.1) is 11.2 Å². The highest BCUT2D eigenvalue weighted by Gasteiger charge is 2.42. The molecule has 2 fully saturated rings. The average molecular weight is 297 g/mol. The molecule has 3 rings (SSSR count). The van der Waals surface area contributed by atoms with Gasteiger partial charge in [-0.25, -0.2) is 4.39 Å². The molecule has 0 radical (unpaired) electrons. The molecule has 1 nitrogen and oxygen atoms in total. The Labute approximate surface area is 125 Å². The Morgan fingerprint density at radius 1 is 1.05 bits per heavy atom. The van der Waals surface area contributed by atoms with Gasteiger partial charge in [-0.3, -0.25) is 0 Å². The molecule has 0 bridgehead atoms. The molecule has 1 spiro atoms. The lowest BCUT2D eigenvalue weighted by molar-refractivity contribution is -0.0322. The molecule has 0 heterocycles. The molecule has 0 saturated heterocycles. The van der Waals surface area contributed by atoms with E-state index in [-0.39, 0.29) is 5.02 Å². The van der Waals surface area contributed by atoms with Crippen molar-refractivity contribution in [1.82, 2.24) is 0 Å². The van der Waals surface area contributed by atoms with Crippen molar-refractivity contribution >= 4 is 11.6 Å². The van der Waals surface area contributed by atoms with Crippen LogP contribution in [0.3, 0.4) is 0 Å². The largest absolute Gasteiger partial charge is 0.390 e. The van der Waals surface area contributed by atoms with Gasteiger partial charge in [0.2, 0.25) is 0 Å². The zero-order chi connectivity index (χ0) is 14.2. The van der Waals surface area contributed by atoms with Gasteiger partial charge in [-0.2, -0.15) is 0 Å². The lowest BCUT2D eigenvalue weighted by Crippen LogP contribution is -2.39. The maximum Gasteiger partial charge on any atom is 0.142 e. The van der Waals surface area contributed by atoms with E-state index >= 15 is 0 Å². The van der Waals surface area contributed by atoms with Crippen LogP contribution < -0.4 is 0 Å². The van der Waals surface area contributed by atoms with E-state index in [2.05, 4.69) is 0 Å². The minimum Gasteiger partial charge on any atom is -0.390 e. The maximum atomic E-state index is 13.5. The first kappa shape index (κ1) is 14.3. The fraction of sp³-hybridized carbons (Fsp3) is 0.647. The third-order valence-electron chi connectivity index (χ3n) is 5.42. The molecule has 0 aliphatic heterocycles. The summed E-state index contributed by atoms with van der Waals surface area (Å²) in [7, 11) is 0. The Hall–Kier alpha value is -0.600. The molecule has 2 saturated carbocycles. The summed E-state index contributed by atoms with van der Waals surface area (Å²) in [6, 6.07) is 4.86. The maximum absolute atomic E-state index is 13.5. The van der Waals surface area contributed by atoms with Crippen molar-refractivity contribution < 1.29 is 9.50 Å². The number of halogens is 2. The summed E-state index contributed by atoms with van der Waals surface area (Å²) in [5.74, 6) is -0.393. The molecule has 0 unspecified atom stereocenters. The third-order valence-corrected chi connectivity index (χ3v) is 5.73. The van der Waals surface area contributed by atoms with Crippen LogP contribution in [0.15, 0.2) is 18.2 Å². The topological polar surface area (TPSA) is 20.2 Å². The van der Waals surface area contributed by atoms with Gasteiger partial charge in [0.05, 0.1) is 10.6 Å². The first-order valence-electron chi connectivity index (χ1n) is 7.67. The Morgan fingerprint density at radius 3 is 2.30 bits per heavy atom. The molecular weight excluding hydrogens is 275 g/mol. The summed E-state index contributed by atoms with van der Waals surface area (Å²) in [4.78, 5) is 0. The van der Waals surface area contributed by atoms with Crippen molar-refractivity contribution in [2.45, 2.75) is 63.4 Å². The second-order valence-corrected chi connectivity index (χ2v) is 7.26. The van der Waals surface area contributed by atoms with Gasteiger partial charge in [0.15, 0.2) is 0 Å². The van der Waals surface area contributed by atoms with Crippen molar-refractivity contribution in [3.8, 4) is 0 Å². The summed E-state index contributed by atoms with van der Waals surface area (Å²) in [5, 5.41) is 10.9. The fourth-order valence-corrected chi connectivity index (χ4v) is 4.19. The monoisotopic (exact) mass is 296 g/mol. The average Bonchev–Trinajstić information content (AvgIpc) is 2.87. The highest BCUT2D eigenvalue weighted by molar-refractivity contribution is 6.30. The van der Waals surface area contributed by atoms with E-state index in [0.29, 0.717) is 11.8 Å². The van der Waals surface area contributed by atoms with Gasteiger partial charge in [-0.1, -0.05) is 30.5 Å². The predicted molar refractivity (Wildman–Crippen MR) is 79.4 cm³/mol. The third kappa shape index (κ3) is 2.87. The summed E-state index contributed by atoms with van der Waals surface area (Å²) in [6.45, 7) is 0. The van der Waals surface area contributed by atoms with Gasteiger partial charge in [-0.05, 0) is 61.6 Å². The summed E-state index contributed by atoms with van der Waals surface area (Å²) < 4.78 is 13.5. The molecule has 2 aliphatic carbocycles. The number of aliphatic hydroxyl groups is 1. The molecule has 110 valence electrons. The van der Waals surface area contributed by atoms with Crippen molar-refractivity contribution in [3.05, 3.63) is 34.6 Å². The zero-order valence-corrected chi connectivity index (χ0v) is 12.6. The lowest BCUT2D eigenvalue weighted by atomic mass is 9.66. The quantitative estimate of drug-likeness (QED) is 0.824. The van der Waals surface area contributed by atoms with Crippen LogP contribution in [0.4, 0.5) is 4.39 Å². The molecule has 0 atom stereocenters. The van der Waals surface area contributed by atoms with Crippen LogP contribution in [0.25, 0.3) is 0 Å². The minimum absolute atomic E-state index is 0.147. The Kier molecular flexibility index (Phi) is 3.81. The van der Waals surface area contributed by atoms with Gasteiger partial charge >= 0.3 is 0 Å². The van der Waals surface area contributed by atoms with E-state index in [9.17, 15) is 9.50 Å². The first-order chi connectivity index (χ1) is 9.50. The molecule has 1 aromatic rings. The lowest BCUT2D eigenvalue weighted by Gasteiger charge is -2.42. The summed E-state index contributed by atoms with van der Waals surface area (Å²) in [6.07, 6.45) is 9.84. The Bertz CT molecular complexity index is 484. The molecular formula is C17H22ClFO. The van der Waals surface area contributed by atoms with E-state index in [1.807, 2.05) is 6.07 Å². The van der Waals surface area contributed by atoms with Crippen molar-refractivity contribution in [2.75, 3.05) is 0 Å². The Morgan fingerprint density at radius 2 is 1.70 bits per heavy atom. The van der Waals surface area contributed by atoms with Crippen LogP contribution >= 0.6 is 11.6 Å². The van der Waals surface area contributed by atoms with Crippen molar-refractivity contribution in [3.63, 3.8) is 0 Å². The van der Waals surface area contributed by atoms with Gasteiger partial charge < -0.3 is 5.11 Å². The minimum atomic E-state index is -0.659. The fourth-order valence-electron chi connectivity index (χ4n) is 4.08. The zero-order valence-electron chi connectivity index (χ0n) is 11.8. The molecule has 0 amide bonds. The van der Waals surface area contributed by atoms with Crippen LogP contribution in [0.1, 0.15) is 56.9 Å². The highest BCUT2D eigenvalue weighted by Crippen LogP contribution is 2.51. The van der Waals surface area contributed by atoms with Crippen LogP contribution in [0.2, 0.25) is 5.02 Å². The number of rotatable bonds is 2. The van der Waals surface area contributed by atoms with Gasteiger partial charge in [-0.15, -0.1) is 0 Å². The number of benzene rings is 1. The molecule has 1 N–H and O–H groups in total. The Balaban J connectivity index is 1.66. The van der Waals surface area contributed by atoms with Gasteiger partial charge in [0.25, 0.3) is 0 Å². The van der Waals surface area contributed by atoms with E-state index in [4.69, 9.17) is 11.6 Å². The van der Waals surface area contributed by atoms with Crippen LogP contribution in [0.5, 0.6) is 0 Å². The normalized spacial score (nSPS) is 24.1. The van der Waals surface area contributed by atoms with Gasteiger partial charge in [0, 0.05) is 6.42 Å². The molecule has 3 heteroatoms. The SMILES string of the molecule is OC1(Cc2ccc(Cl)c(F)c2)CCC2(CCCC2)CC1. The molecule has 1 aromatic carbocycles. The predicted octanol–water partition coefficient (Wildman–Crippen LogP) is 4.89. The summed E-state index contributed by atoms with van der Waals surface area (Å²) in [5.41, 5.74) is 0.697. The standard InChI is InChI=1S/C17H22ClFO/c18-14-4-3-13(11-15(14)19)12-17(20)9-7-16(8-10-17)5-1-2-6-16/h3-4,11,20H,1-2,5-10,12H2. The highest BCUT2D eigenvalue weighted by atomic mass is 35.5. The van der Waals surface area contributed by atoms with Crippen LogP contribution in [-0.2, 0) is 6.42 Å². The number of hydrogen-bond donors (Lipinski definition) is 1. The number of hydrogen-bond acceptors (Lipinski definition) is 1. The molecule has 0 aromatic heterocycles. The van der Waals surface area contributed by atoms with Gasteiger partial charge in [0.1, 0.15) is 5.82 Å². The molecule has 2 aliphatic rings. The summed E-state index contributed by atoms with van der Waals surface area (Å²) >= 11 is 5.70. The second-order valence-electron chi connectivity index (χ2n) is 6.86. The van der Waals surface area contributed by atoms with Crippen molar-refractivity contribution in [1.29, 1.82) is 0 Å². The second kappa shape index (κ2) is 5.31.